The normalized spacial score (nSPS) is 23.8. The molecule has 6 heteroatoms. The highest BCUT2D eigenvalue weighted by molar-refractivity contribution is 5.73. The summed E-state index contributed by atoms with van der Waals surface area (Å²) in [6.45, 7) is 3.67. The van der Waals surface area contributed by atoms with Gasteiger partial charge in [-0.25, -0.2) is 4.79 Å². The largest absolute Gasteiger partial charge is 0.375 e. The van der Waals surface area contributed by atoms with Gasteiger partial charge in [0.1, 0.15) is 0 Å². The molecule has 1 aromatic rings. The molecule has 3 heterocycles. The van der Waals surface area contributed by atoms with Gasteiger partial charge in [-0.05, 0) is 37.8 Å². The van der Waals surface area contributed by atoms with Gasteiger partial charge in [-0.2, -0.15) is 0 Å². The molecule has 2 aliphatic rings. The fourth-order valence-corrected chi connectivity index (χ4v) is 3.64. The maximum atomic E-state index is 11.9. The number of amides is 2. The van der Waals surface area contributed by atoms with E-state index in [0.717, 1.165) is 57.6 Å². The number of ether oxygens (including phenoxy) is 1. The van der Waals surface area contributed by atoms with E-state index in [1.54, 1.807) is 19.0 Å². The summed E-state index contributed by atoms with van der Waals surface area (Å²) in [5.74, 6) is 0. The third-order valence-electron chi connectivity index (χ3n) is 5.11. The summed E-state index contributed by atoms with van der Waals surface area (Å²) < 4.78 is 6.17. The van der Waals surface area contributed by atoms with Crippen molar-refractivity contribution in [3.63, 3.8) is 0 Å². The van der Waals surface area contributed by atoms with Crippen molar-refractivity contribution in [1.82, 2.24) is 20.1 Å². The van der Waals surface area contributed by atoms with Crippen LogP contribution in [0.5, 0.6) is 0 Å². The van der Waals surface area contributed by atoms with E-state index in [2.05, 4.69) is 21.3 Å². The number of carbonyl (C=O) groups is 1. The van der Waals surface area contributed by atoms with E-state index in [1.807, 2.05) is 18.3 Å². The van der Waals surface area contributed by atoms with Crippen molar-refractivity contribution in [3.8, 4) is 0 Å². The summed E-state index contributed by atoms with van der Waals surface area (Å²) in [7, 11) is 3.56. The number of nitrogens with zero attached hydrogens (tertiary/aromatic N) is 3. The van der Waals surface area contributed by atoms with Crippen LogP contribution in [-0.4, -0.2) is 66.2 Å². The minimum atomic E-state index is -0.0663. The zero-order valence-corrected chi connectivity index (χ0v) is 14.7. The maximum absolute atomic E-state index is 11.9. The Bertz CT molecular complexity index is 541. The molecule has 1 N–H and O–H groups in total. The van der Waals surface area contributed by atoms with Gasteiger partial charge in [-0.3, -0.25) is 9.88 Å². The average Bonchev–Trinajstić information content (AvgIpc) is 2.58. The van der Waals surface area contributed by atoms with Crippen LogP contribution in [0.4, 0.5) is 4.79 Å². The molecule has 3 rings (SSSR count). The Labute approximate surface area is 144 Å². The van der Waals surface area contributed by atoms with E-state index in [1.165, 1.54) is 0 Å². The third-order valence-corrected chi connectivity index (χ3v) is 5.11. The van der Waals surface area contributed by atoms with E-state index in [4.69, 9.17) is 4.74 Å². The Hall–Kier alpha value is -1.66. The number of piperidine rings is 1. The first-order valence-electron chi connectivity index (χ1n) is 8.80. The number of urea groups is 1. The highest BCUT2D eigenvalue weighted by Gasteiger charge is 2.40. The number of carbonyl (C=O) groups excluding carboxylic acids is 1. The van der Waals surface area contributed by atoms with E-state index < -0.39 is 0 Å². The van der Waals surface area contributed by atoms with Gasteiger partial charge in [-0.15, -0.1) is 0 Å². The number of pyridine rings is 1. The molecule has 0 aromatic carbocycles. The fourth-order valence-electron chi connectivity index (χ4n) is 3.64. The van der Waals surface area contributed by atoms with Crippen LogP contribution in [0, 0.1) is 0 Å². The number of aromatic nitrogens is 1. The average molecular weight is 332 g/mol. The van der Waals surface area contributed by atoms with Gasteiger partial charge < -0.3 is 15.0 Å². The molecule has 2 fully saturated rings. The molecule has 0 unspecified atom stereocenters. The van der Waals surface area contributed by atoms with Crippen molar-refractivity contribution in [1.29, 1.82) is 0 Å². The first-order chi connectivity index (χ1) is 11.6. The third kappa shape index (κ3) is 4.24. The Kier molecular flexibility index (Phi) is 5.36. The topological polar surface area (TPSA) is 57.7 Å². The van der Waals surface area contributed by atoms with Crippen LogP contribution in [0.1, 0.15) is 31.4 Å². The lowest BCUT2D eigenvalue weighted by atomic mass is 9.82. The van der Waals surface area contributed by atoms with Crippen molar-refractivity contribution in [2.75, 3.05) is 33.8 Å². The highest BCUT2D eigenvalue weighted by Crippen LogP contribution is 2.35. The van der Waals surface area contributed by atoms with Crippen molar-refractivity contribution in [2.45, 2.75) is 43.9 Å². The quantitative estimate of drug-likeness (QED) is 0.918. The second-order valence-electron chi connectivity index (χ2n) is 7.16. The molecule has 1 spiro atoms. The summed E-state index contributed by atoms with van der Waals surface area (Å²) in [5.41, 5.74) is 1.05. The molecule has 2 saturated heterocycles. The monoisotopic (exact) mass is 332 g/mol. The van der Waals surface area contributed by atoms with Gasteiger partial charge in [0.15, 0.2) is 0 Å². The lowest BCUT2D eigenvalue weighted by molar-refractivity contribution is -0.119. The number of rotatable bonds is 3. The molecule has 2 amide bonds. The highest BCUT2D eigenvalue weighted by atomic mass is 16.5. The summed E-state index contributed by atoms with van der Waals surface area (Å²) in [4.78, 5) is 20.3. The SMILES string of the molecule is CN(C)C(=O)N[C@H]1CCOC2(CCN(Cc3ccccn3)CC2)C1. The summed E-state index contributed by atoms with van der Waals surface area (Å²) in [5, 5.41) is 3.12. The molecular formula is C18H28N4O2. The number of hydrogen-bond donors (Lipinski definition) is 1. The standard InChI is InChI=1S/C18H28N4O2/c1-21(2)17(23)20-15-6-12-24-18(13-15)7-10-22(11-8-18)14-16-5-3-4-9-19-16/h3-5,9,15H,6-8,10-14H2,1-2H3,(H,20,23)/t15-/m0/s1. The Morgan fingerprint density at radius 2 is 2.21 bits per heavy atom. The molecule has 0 radical (unpaired) electrons. The molecule has 1 aromatic heterocycles. The zero-order chi connectivity index (χ0) is 17.0. The molecule has 1 atom stereocenters. The number of nitrogens with one attached hydrogen (secondary N) is 1. The van der Waals surface area contributed by atoms with Crippen molar-refractivity contribution >= 4 is 6.03 Å². The van der Waals surface area contributed by atoms with E-state index in [0.29, 0.717) is 0 Å². The number of hydrogen-bond acceptors (Lipinski definition) is 4. The van der Waals surface area contributed by atoms with Crippen LogP contribution in [0.3, 0.4) is 0 Å². The van der Waals surface area contributed by atoms with Crippen LogP contribution in [0.15, 0.2) is 24.4 Å². The fraction of sp³-hybridized carbons (Fsp3) is 0.667. The van der Waals surface area contributed by atoms with Gasteiger partial charge in [0, 0.05) is 52.6 Å². The van der Waals surface area contributed by atoms with Gasteiger partial charge in [0.05, 0.1) is 11.3 Å². The lowest BCUT2D eigenvalue weighted by Crippen LogP contribution is -2.54. The smallest absolute Gasteiger partial charge is 0.317 e. The maximum Gasteiger partial charge on any atom is 0.317 e. The van der Waals surface area contributed by atoms with Gasteiger partial charge >= 0.3 is 6.03 Å². The predicted molar refractivity (Wildman–Crippen MR) is 92.7 cm³/mol. The molecule has 132 valence electrons. The van der Waals surface area contributed by atoms with Gasteiger partial charge in [0.2, 0.25) is 0 Å². The van der Waals surface area contributed by atoms with Crippen molar-refractivity contribution in [2.24, 2.45) is 0 Å². The summed E-state index contributed by atoms with van der Waals surface area (Å²) >= 11 is 0. The van der Waals surface area contributed by atoms with Crippen LogP contribution < -0.4 is 5.32 Å². The molecule has 0 aliphatic carbocycles. The Morgan fingerprint density at radius 1 is 1.42 bits per heavy atom. The Morgan fingerprint density at radius 3 is 2.88 bits per heavy atom. The second kappa shape index (κ2) is 7.49. The zero-order valence-electron chi connectivity index (χ0n) is 14.7. The summed E-state index contributed by atoms with van der Waals surface area (Å²) in [6.07, 6.45) is 5.72. The van der Waals surface area contributed by atoms with E-state index in [9.17, 15) is 4.79 Å². The second-order valence-corrected chi connectivity index (χ2v) is 7.16. The van der Waals surface area contributed by atoms with E-state index in [-0.39, 0.29) is 17.7 Å². The van der Waals surface area contributed by atoms with Gasteiger partial charge in [-0.1, -0.05) is 6.07 Å². The van der Waals surface area contributed by atoms with Crippen LogP contribution in [0.25, 0.3) is 0 Å². The molecule has 0 bridgehead atoms. The first-order valence-corrected chi connectivity index (χ1v) is 8.80. The lowest BCUT2D eigenvalue weighted by Gasteiger charge is -2.46. The van der Waals surface area contributed by atoms with Crippen LogP contribution in [0.2, 0.25) is 0 Å². The molecular weight excluding hydrogens is 304 g/mol. The van der Waals surface area contributed by atoms with Crippen LogP contribution in [-0.2, 0) is 11.3 Å². The minimum Gasteiger partial charge on any atom is -0.375 e. The molecule has 2 aliphatic heterocycles. The minimum absolute atomic E-state index is 0.00959. The predicted octanol–water partition coefficient (Wildman–Crippen LogP) is 1.87. The Balaban J connectivity index is 1.51. The van der Waals surface area contributed by atoms with E-state index >= 15 is 0 Å². The number of likely N-dealkylation sites (tertiary alicyclic amines) is 1. The molecule has 0 saturated carbocycles. The van der Waals surface area contributed by atoms with Gasteiger partial charge in [0.25, 0.3) is 0 Å². The first kappa shape index (κ1) is 17.2. The molecule has 24 heavy (non-hydrogen) atoms. The molecule has 6 nitrogen and oxygen atoms in total. The van der Waals surface area contributed by atoms with Crippen molar-refractivity contribution < 1.29 is 9.53 Å². The van der Waals surface area contributed by atoms with Crippen LogP contribution >= 0.6 is 0 Å². The van der Waals surface area contributed by atoms with Crippen molar-refractivity contribution in [3.05, 3.63) is 30.1 Å². The summed E-state index contributed by atoms with van der Waals surface area (Å²) in [6, 6.07) is 6.28.